The van der Waals surface area contributed by atoms with Crippen molar-refractivity contribution >= 4 is 0 Å². The third kappa shape index (κ3) is 2.93. The molecule has 1 fully saturated rings. The molecule has 1 aromatic rings. The average molecular weight is 250 g/mol. The zero-order chi connectivity index (χ0) is 13.2. The molecule has 0 saturated carbocycles. The van der Waals surface area contributed by atoms with Crippen LogP contribution in [-0.4, -0.2) is 34.3 Å². The largest absolute Gasteiger partial charge is 0.329 e. The van der Waals surface area contributed by atoms with Gasteiger partial charge >= 0.3 is 0 Å². The number of aromatic nitrogens is 2. The summed E-state index contributed by atoms with van der Waals surface area (Å²) in [5, 5.41) is 4.37. The molecule has 0 bridgehead atoms. The molecule has 1 aliphatic heterocycles. The highest BCUT2D eigenvalue weighted by Gasteiger charge is 2.31. The lowest BCUT2D eigenvalue weighted by molar-refractivity contribution is 0.0806. The Morgan fingerprint density at radius 2 is 2.28 bits per heavy atom. The first-order valence-corrected chi connectivity index (χ1v) is 7.02. The lowest BCUT2D eigenvalue weighted by Gasteiger charge is -2.41. The average Bonchev–Trinajstić information content (AvgIpc) is 2.77. The predicted molar refractivity (Wildman–Crippen MR) is 74.3 cm³/mol. The first kappa shape index (κ1) is 13.6. The molecule has 4 heteroatoms. The molecule has 1 atom stereocenters. The number of nitrogens with two attached hydrogens (primary N) is 1. The van der Waals surface area contributed by atoms with Crippen molar-refractivity contribution in [2.45, 2.75) is 46.2 Å². The normalized spacial score (nSPS) is 22.0. The Hall–Kier alpha value is -0.870. The molecule has 1 aromatic heterocycles. The quantitative estimate of drug-likeness (QED) is 0.889. The van der Waals surface area contributed by atoms with Gasteiger partial charge in [-0.25, -0.2) is 0 Å². The van der Waals surface area contributed by atoms with E-state index in [2.05, 4.69) is 37.0 Å². The first-order chi connectivity index (χ1) is 8.55. The van der Waals surface area contributed by atoms with E-state index in [0.717, 1.165) is 19.6 Å². The highest BCUT2D eigenvalue weighted by molar-refractivity contribution is 5.12. The van der Waals surface area contributed by atoms with Crippen molar-refractivity contribution in [2.24, 2.45) is 11.1 Å². The standard InChI is InChI=1S/C14H26N4/c1-4-18-10-12(9-16-18)13(8-15)17-7-5-6-14(2,3)11-17/h9-10,13H,4-8,11,15H2,1-3H3. The van der Waals surface area contributed by atoms with E-state index in [4.69, 9.17) is 5.73 Å². The number of likely N-dealkylation sites (tertiary alicyclic amines) is 1. The Bertz CT molecular complexity index is 383. The van der Waals surface area contributed by atoms with Gasteiger partial charge < -0.3 is 5.73 Å². The molecule has 2 rings (SSSR count). The molecule has 1 unspecified atom stereocenters. The number of rotatable bonds is 4. The van der Waals surface area contributed by atoms with Crippen LogP contribution in [0, 0.1) is 5.41 Å². The number of hydrogen-bond acceptors (Lipinski definition) is 3. The second-order valence-corrected chi connectivity index (χ2v) is 6.12. The van der Waals surface area contributed by atoms with Gasteiger partial charge in [0.15, 0.2) is 0 Å². The summed E-state index contributed by atoms with van der Waals surface area (Å²) in [6.45, 7) is 10.7. The lowest BCUT2D eigenvalue weighted by atomic mass is 9.83. The van der Waals surface area contributed by atoms with Crippen molar-refractivity contribution in [2.75, 3.05) is 19.6 Å². The van der Waals surface area contributed by atoms with Crippen LogP contribution in [0.15, 0.2) is 12.4 Å². The molecule has 2 heterocycles. The van der Waals surface area contributed by atoms with Gasteiger partial charge in [-0.15, -0.1) is 0 Å². The molecule has 0 aliphatic carbocycles. The maximum Gasteiger partial charge on any atom is 0.0538 e. The van der Waals surface area contributed by atoms with Gasteiger partial charge in [0.1, 0.15) is 0 Å². The minimum absolute atomic E-state index is 0.324. The maximum atomic E-state index is 6.00. The molecule has 1 saturated heterocycles. The minimum atomic E-state index is 0.324. The Labute approximate surface area is 110 Å². The van der Waals surface area contributed by atoms with Gasteiger partial charge in [0, 0.05) is 31.4 Å². The fourth-order valence-corrected chi connectivity index (χ4v) is 2.96. The molecular formula is C14H26N4. The van der Waals surface area contributed by atoms with E-state index in [1.165, 1.54) is 18.4 Å². The topological polar surface area (TPSA) is 47.1 Å². The monoisotopic (exact) mass is 250 g/mol. The van der Waals surface area contributed by atoms with E-state index in [1.807, 2.05) is 10.9 Å². The molecule has 0 amide bonds. The lowest BCUT2D eigenvalue weighted by Crippen LogP contribution is -2.44. The van der Waals surface area contributed by atoms with E-state index in [1.54, 1.807) is 0 Å². The fourth-order valence-electron chi connectivity index (χ4n) is 2.96. The number of piperidine rings is 1. The van der Waals surface area contributed by atoms with Crippen LogP contribution >= 0.6 is 0 Å². The van der Waals surface area contributed by atoms with E-state index >= 15 is 0 Å². The second-order valence-electron chi connectivity index (χ2n) is 6.12. The van der Waals surface area contributed by atoms with E-state index in [0.29, 0.717) is 18.0 Å². The first-order valence-electron chi connectivity index (χ1n) is 7.02. The molecule has 0 radical (unpaired) electrons. The molecule has 0 aromatic carbocycles. The van der Waals surface area contributed by atoms with Gasteiger partial charge in [-0.05, 0) is 31.7 Å². The Morgan fingerprint density at radius 1 is 1.50 bits per heavy atom. The third-order valence-electron chi connectivity index (χ3n) is 3.96. The van der Waals surface area contributed by atoms with Crippen molar-refractivity contribution in [3.63, 3.8) is 0 Å². The van der Waals surface area contributed by atoms with Gasteiger partial charge in [0.2, 0.25) is 0 Å². The maximum absolute atomic E-state index is 6.00. The van der Waals surface area contributed by atoms with Crippen LogP contribution in [0.4, 0.5) is 0 Å². The Balaban J connectivity index is 2.12. The van der Waals surface area contributed by atoms with Crippen molar-refractivity contribution in [3.05, 3.63) is 18.0 Å². The molecule has 2 N–H and O–H groups in total. The van der Waals surface area contributed by atoms with Gasteiger partial charge in [-0.1, -0.05) is 13.8 Å². The summed E-state index contributed by atoms with van der Waals surface area (Å²) >= 11 is 0. The highest BCUT2D eigenvalue weighted by atomic mass is 15.3. The van der Waals surface area contributed by atoms with Crippen molar-refractivity contribution in [1.82, 2.24) is 14.7 Å². The molecule has 0 spiro atoms. The molecule has 18 heavy (non-hydrogen) atoms. The Kier molecular flexibility index (Phi) is 4.07. The van der Waals surface area contributed by atoms with Crippen molar-refractivity contribution < 1.29 is 0 Å². The highest BCUT2D eigenvalue weighted by Crippen LogP contribution is 2.33. The summed E-state index contributed by atoms with van der Waals surface area (Å²) in [5.74, 6) is 0. The molecule has 1 aliphatic rings. The summed E-state index contributed by atoms with van der Waals surface area (Å²) in [5.41, 5.74) is 7.67. The van der Waals surface area contributed by atoms with Gasteiger partial charge in [-0.2, -0.15) is 5.10 Å². The van der Waals surface area contributed by atoms with E-state index in [9.17, 15) is 0 Å². The predicted octanol–water partition coefficient (Wildman–Crippen LogP) is 2.02. The minimum Gasteiger partial charge on any atom is -0.329 e. The van der Waals surface area contributed by atoms with Crippen LogP contribution in [0.25, 0.3) is 0 Å². The summed E-state index contributed by atoms with van der Waals surface area (Å²) in [6, 6.07) is 0.324. The van der Waals surface area contributed by atoms with Crippen LogP contribution in [0.5, 0.6) is 0 Å². The summed E-state index contributed by atoms with van der Waals surface area (Å²) < 4.78 is 1.98. The summed E-state index contributed by atoms with van der Waals surface area (Å²) in [6.07, 6.45) is 6.70. The van der Waals surface area contributed by atoms with Crippen LogP contribution in [0.3, 0.4) is 0 Å². The number of aryl methyl sites for hydroxylation is 1. The number of nitrogens with zero attached hydrogens (tertiary/aromatic N) is 3. The van der Waals surface area contributed by atoms with E-state index in [-0.39, 0.29) is 0 Å². The Morgan fingerprint density at radius 3 is 2.83 bits per heavy atom. The van der Waals surface area contributed by atoms with Crippen LogP contribution in [-0.2, 0) is 6.54 Å². The second kappa shape index (κ2) is 5.41. The SMILES string of the molecule is CCn1cc(C(CN)N2CCCC(C)(C)C2)cn1. The summed E-state index contributed by atoms with van der Waals surface area (Å²) in [4.78, 5) is 2.53. The van der Waals surface area contributed by atoms with Crippen LogP contribution in [0.2, 0.25) is 0 Å². The van der Waals surface area contributed by atoms with E-state index < -0.39 is 0 Å². The smallest absolute Gasteiger partial charge is 0.0538 e. The fraction of sp³-hybridized carbons (Fsp3) is 0.786. The van der Waals surface area contributed by atoms with Crippen molar-refractivity contribution in [1.29, 1.82) is 0 Å². The molecule has 4 nitrogen and oxygen atoms in total. The van der Waals surface area contributed by atoms with Gasteiger partial charge in [0.05, 0.1) is 12.2 Å². The van der Waals surface area contributed by atoms with Crippen LogP contribution in [0.1, 0.15) is 45.2 Å². The summed E-state index contributed by atoms with van der Waals surface area (Å²) in [7, 11) is 0. The molecular weight excluding hydrogens is 224 g/mol. The van der Waals surface area contributed by atoms with Gasteiger partial charge in [0.25, 0.3) is 0 Å². The zero-order valence-electron chi connectivity index (χ0n) is 11.9. The molecule has 102 valence electrons. The third-order valence-corrected chi connectivity index (χ3v) is 3.96. The van der Waals surface area contributed by atoms with Gasteiger partial charge in [-0.3, -0.25) is 9.58 Å². The zero-order valence-corrected chi connectivity index (χ0v) is 11.9. The van der Waals surface area contributed by atoms with Crippen LogP contribution < -0.4 is 5.73 Å². The number of hydrogen-bond donors (Lipinski definition) is 1. The van der Waals surface area contributed by atoms with Crippen molar-refractivity contribution in [3.8, 4) is 0 Å².